The average molecular weight is 425 g/mol. The van der Waals surface area contributed by atoms with Crippen molar-refractivity contribution in [2.24, 2.45) is 0 Å². The summed E-state index contributed by atoms with van der Waals surface area (Å²) in [5, 5.41) is 10.8. The van der Waals surface area contributed by atoms with E-state index in [1.165, 1.54) is 5.56 Å². The van der Waals surface area contributed by atoms with Gasteiger partial charge in [0.15, 0.2) is 11.0 Å². The van der Waals surface area contributed by atoms with E-state index in [1.54, 1.807) is 18.0 Å². The number of nitrogens with zero attached hydrogens (tertiary/aromatic N) is 4. The number of hydrogen-bond donors (Lipinski definition) is 0. The van der Waals surface area contributed by atoms with Gasteiger partial charge in [0.25, 0.3) is 0 Å². The van der Waals surface area contributed by atoms with Crippen molar-refractivity contribution in [1.29, 1.82) is 0 Å². The fourth-order valence-electron chi connectivity index (χ4n) is 3.38. The summed E-state index contributed by atoms with van der Waals surface area (Å²) in [6.07, 6.45) is 1.78. The normalized spacial score (nSPS) is 11.0. The molecule has 31 heavy (non-hydrogen) atoms. The van der Waals surface area contributed by atoms with E-state index in [9.17, 15) is 0 Å². The third-order valence-corrected chi connectivity index (χ3v) is 5.88. The van der Waals surface area contributed by atoms with Crippen molar-refractivity contribution in [3.8, 4) is 11.4 Å². The molecule has 5 aromatic rings. The van der Waals surface area contributed by atoms with Crippen LogP contribution in [-0.2, 0) is 12.4 Å². The van der Waals surface area contributed by atoms with Crippen LogP contribution in [0.5, 0.6) is 5.75 Å². The van der Waals surface area contributed by atoms with E-state index in [0.717, 1.165) is 39.1 Å². The van der Waals surface area contributed by atoms with Crippen molar-refractivity contribution < 1.29 is 4.74 Å². The monoisotopic (exact) mass is 424 g/mol. The van der Waals surface area contributed by atoms with E-state index in [2.05, 4.69) is 56.1 Å². The van der Waals surface area contributed by atoms with Crippen LogP contribution in [0.25, 0.3) is 16.6 Å². The first-order valence-corrected chi connectivity index (χ1v) is 11.0. The third kappa shape index (κ3) is 4.29. The summed E-state index contributed by atoms with van der Waals surface area (Å²) in [5.74, 6) is 2.30. The molecular weight excluding hydrogens is 404 g/mol. The molecule has 0 bridgehead atoms. The average Bonchev–Trinajstić information content (AvgIpc) is 3.25. The van der Waals surface area contributed by atoms with Gasteiger partial charge in [-0.25, -0.2) is 0 Å². The van der Waals surface area contributed by atoms with Gasteiger partial charge in [0, 0.05) is 23.0 Å². The lowest BCUT2D eigenvalue weighted by molar-refractivity contribution is 0.296. The maximum absolute atomic E-state index is 6.15. The molecule has 3 aromatic carbocycles. The minimum atomic E-state index is 0.295. The molecule has 0 aliphatic carbocycles. The Labute approximate surface area is 184 Å². The summed E-state index contributed by atoms with van der Waals surface area (Å²) in [6.45, 7) is 0.295. The quantitative estimate of drug-likeness (QED) is 0.314. The summed E-state index contributed by atoms with van der Waals surface area (Å²) in [6, 6.07) is 30.4. The lowest BCUT2D eigenvalue weighted by Crippen LogP contribution is -2.07. The van der Waals surface area contributed by atoms with Crippen LogP contribution in [0.1, 0.15) is 11.4 Å². The second kappa shape index (κ2) is 9.02. The molecule has 0 aliphatic heterocycles. The molecule has 0 spiro atoms. The summed E-state index contributed by atoms with van der Waals surface area (Å²) in [7, 11) is 0. The lowest BCUT2D eigenvalue weighted by atomic mass is 10.2. The molecule has 0 amide bonds. The van der Waals surface area contributed by atoms with Gasteiger partial charge in [-0.3, -0.25) is 9.55 Å². The Balaban J connectivity index is 1.43. The first-order valence-electron chi connectivity index (χ1n) is 10.0. The lowest BCUT2D eigenvalue weighted by Gasteiger charge is -2.12. The zero-order valence-electron chi connectivity index (χ0n) is 16.8. The first-order chi connectivity index (χ1) is 15.4. The number of fused-ring (bicyclic) bond motifs is 1. The minimum Gasteiger partial charge on any atom is -0.483 e. The fourth-order valence-corrected chi connectivity index (χ4v) is 4.31. The zero-order chi connectivity index (χ0) is 20.9. The van der Waals surface area contributed by atoms with Gasteiger partial charge in [-0.2, -0.15) is 0 Å². The van der Waals surface area contributed by atoms with Crippen molar-refractivity contribution in [2.45, 2.75) is 17.5 Å². The van der Waals surface area contributed by atoms with Gasteiger partial charge in [-0.05, 0) is 29.8 Å². The summed E-state index contributed by atoms with van der Waals surface area (Å²) in [4.78, 5) is 4.47. The SMILES string of the molecule is c1ccc(CSc2nnc(COc3cccc4cccnc34)n2-c2ccccc2)cc1. The summed E-state index contributed by atoms with van der Waals surface area (Å²) in [5.41, 5.74) is 3.10. The minimum absolute atomic E-state index is 0.295. The van der Waals surface area contributed by atoms with E-state index in [4.69, 9.17) is 4.74 Å². The van der Waals surface area contributed by atoms with Crippen molar-refractivity contribution in [3.63, 3.8) is 0 Å². The maximum atomic E-state index is 6.15. The van der Waals surface area contributed by atoms with Gasteiger partial charge in [0.05, 0.1) is 0 Å². The molecule has 0 N–H and O–H groups in total. The van der Waals surface area contributed by atoms with Gasteiger partial charge < -0.3 is 4.74 Å². The number of thioether (sulfide) groups is 1. The molecule has 0 radical (unpaired) electrons. The summed E-state index contributed by atoms with van der Waals surface area (Å²) < 4.78 is 8.21. The molecule has 0 atom stereocenters. The van der Waals surface area contributed by atoms with Crippen LogP contribution in [0.15, 0.2) is 102 Å². The van der Waals surface area contributed by atoms with E-state index < -0.39 is 0 Å². The molecule has 0 saturated heterocycles. The highest BCUT2D eigenvalue weighted by Gasteiger charge is 2.16. The van der Waals surface area contributed by atoms with Crippen molar-refractivity contribution >= 4 is 22.7 Å². The van der Waals surface area contributed by atoms with Crippen LogP contribution in [0, 0.1) is 0 Å². The molecule has 5 nitrogen and oxygen atoms in total. The van der Waals surface area contributed by atoms with Crippen molar-refractivity contribution in [1.82, 2.24) is 19.7 Å². The number of rotatable bonds is 7. The number of pyridine rings is 1. The van der Waals surface area contributed by atoms with Gasteiger partial charge in [-0.1, -0.05) is 78.5 Å². The highest BCUT2D eigenvalue weighted by atomic mass is 32.2. The second-order valence-corrected chi connectivity index (χ2v) is 7.91. The van der Waals surface area contributed by atoms with Crippen molar-refractivity contribution in [3.05, 3.63) is 109 Å². The molecule has 0 saturated carbocycles. The number of benzene rings is 3. The van der Waals surface area contributed by atoms with Gasteiger partial charge in [0.2, 0.25) is 0 Å². The molecule has 0 unspecified atom stereocenters. The smallest absolute Gasteiger partial charge is 0.196 e. The van der Waals surface area contributed by atoms with Gasteiger partial charge >= 0.3 is 0 Å². The van der Waals surface area contributed by atoms with Crippen molar-refractivity contribution in [2.75, 3.05) is 0 Å². The number of hydrogen-bond acceptors (Lipinski definition) is 5. The van der Waals surface area contributed by atoms with Crippen LogP contribution in [0.3, 0.4) is 0 Å². The van der Waals surface area contributed by atoms with Crippen LogP contribution < -0.4 is 4.74 Å². The predicted molar refractivity (Wildman–Crippen MR) is 123 cm³/mol. The molecule has 2 aromatic heterocycles. The summed E-state index contributed by atoms with van der Waals surface area (Å²) >= 11 is 1.66. The van der Waals surface area contributed by atoms with Gasteiger partial charge in [-0.15, -0.1) is 10.2 Å². The van der Waals surface area contributed by atoms with Crippen LogP contribution >= 0.6 is 11.8 Å². The van der Waals surface area contributed by atoms with Crippen LogP contribution in [0.4, 0.5) is 0 Å². The number of aromatic nitrogens is 4. The van der Waals surface area contributed by atoms with E-state index in [0.29, 0.717) is 6.61 Å². The maximum Gasteiger partial charge on any atom is 0.196 e. The largest absolute Gasteiger partial charge is 0.483 e. The molecular formula is C25H20N4OS. The second-order valence-electron chi connectivity index (χ2n) is 6.96. The molecule has 0 fully saturated rings. The Morgan fingerprint density at radius 2 is 1.55 bits per heavy atom. The first kappa shape index (κ1) is 19.3. The van der Waals surface area contributed by atoms with E-state index in [1.807, 2.05) is 54.6 Å². The number of para-hydroxylation sites is 2. The Kier molecular flexibility index (Phi) is 5.62. The highest BCUT2D eigenvalue weighted by molar-refractivity contribution is 7.98. The Morgan fingerprint density at radius 1 is 0.774 bits per heavy atom. The van der Waals surface area contributed by atoms with Crippen LogP contribution in [-0.4, -0.2) is 19.7 Å². The van der Waals surface area contributed by atoms with E-state index >= 15 is 0 Å². The molecule has 5 rings (SSSR count). The molecule has 152 valence electrons. The predicted octanol–water partition coefficient (Wildman–Crippen LogP) is 5.69. The molecule has 2 heterocycles. The standard InChI is InChI=1S/C25H20N4OS/c1-3-9-19(10-4-1)18-31-25-28-27-23(29(25)21-13-5-2-6-14-21)17-30-22-15-7-11-20-12-8-16-26-24(20)22/h1-16H,17-18H2. The molecule has 6 heteroatoms. The Hall–Kier alpha value is -3.64. The Bertz CT molecular complexity index is 1280. The fraction of sp³-hybridized carbons (Fsp3) is 0.0800. The molecule has 0 aliphatic rings. The Morgan fingerprint density at radius 3 is 2.39 bits per heavy atom. The zero-order valence-corrected chi connectivity index (χ0v) is 17.6. The topological polar surface area (TPSA) is 52.8 Å². The van der Waals surface area contributed by atoms with Gasteiger partial charge in [0.1, 0.15) is 17.9 Å². The van der Waals surface area contributed by atoms with E-state index in [-0.39, 0.29) is 0 Å². The number of ether oxygens (including phenoxy) is 1. The van der Waals surface area contributed by atoms with Crippen LogP contribution in [0.2, 0.25) is 0 Å². The highest BCUT2D eigenvalue weighted by Crippen LogP contribution is 2.27. The third-order valence-electron chi connectivity index (χ3n) is 4.88.